The van der Waals surface area contributed by atoms with Crippen molar-refractivity contribution >= 4 is 17.6 Å². The zero-order chi connectivity index (χ0) is 16.4. The fraction of sp³-hybridized carbons (Fsp3) is 0.222. The van der Waals surface area contributed by atoms with E-state index in [0.29, 0.717) is 23.2 Å². The van der Waals surface area contributed by atoms with Crippen molar-refractivity contribution in [3.8, 4) is 0 Å². The average molecular weight is 311 g/mol. The SMILES string of the molecule is COC(=O)c1ccc(N2C(=O)c3ccccc3CC2OC)cc1. The van der Waals surface area contributed by atoms with Crippen LogP contribution < -0.4 is 4.90 Å². The van der Waals surface area contributed by atoms with Crippen molar-refractivity contribution in [2.45, 2.75) is 12.6 Å². The smallest absolute Gasteiger partial charge is 0.337 e. The van der Waals surface area contributed by atoms with Gasteiger partial charge in [0.15, 0.2) is 0 Å². The van der Waals surface area contributed by atoms with Crippen LogP contribution in [0.25, 0.3) is 0 Å². The first-order valence-corrected chi connectivity index (χ1v) is 7.28. The highest BCUT2D eigenvalue weighted by molar-refractivity contribution is 6.08. The third kappa shape index (κ3) is 2.71. The van der Waals surface area contributed by atoms with Gasteiger partial charge in [0.05, 0.1) is 12.7 Å². The maximum absolute atomic E-state index is 12.8. The third-order valence-corrected chi connectivity index (χ3v) is 3.99. The van der Waals surface area contributed by atoms with Crippen LogP contribution in [0.15, 0.2) is 48.5 Å². The molecule has 23 heavy (non-hydrogen) atoms. The molecule has 0 N–H and O–H groups in total. The molecule has 1 atom stereocenters. The van der Waals surface area contributed by atoms with E-state index in [4.69, 9.17) is 4.74 Å². The molecule has 118 valence electrons. The number of carbonyl (C=O) groups excluding carboxylic acids is 2. The van der Waals surface area contributed by atoms with Crippen LogP contribution in [0.4, 0.5) is 5.69 Å². The Kier molecular flexibility index (Phi) is 4.12. The summed E-state index contributed by atoms with van der Waals surface area (Å²) in [6.45, 7) is 0. The van der Waals surface area contributed by atoms with Crippen LogP contribution in [-0.2, 0) is 15.9 Å². The van der Waals surface area contributed by atoms with Gasteiger partial charge in [-0.15, -0.1) is 0 Å². The van der Waals surface area contributed by atoms with Gasteiger partial charge in [-0.2, -0.15) is 0 Å². The molecule has 1 heterocycles. The van der Waals surface area contributed by atoms with Crippen LogP contribution in [0.1, 0.15) is 26.3 Å². The van der Waals surface area contributed by atoms with Crippen molar-refractivity contribution in [2.75, 3.05) is 19.1 Å². The minimum Gasteiger partial charge on any atom is -0.465 e. The number of esters is 1. The van der Waals surface area contributed by atoms with Crippen molar-refractivity contribution in [1.82, 2.24) is 0 Å². The Morgan fingerprint density at radius 2 is 1.78 bits per heavy atom. The number of hydrogen-bond acceptors (Lipinski definition) is 4. The molecule has 0 saturated carbocycles. The molecule has 0 aliphatic carbocycles. The van der Waals surface area contributed by atoms with Gasteiger partial charge in [0.2, 0.25) is 0 Å². The number of hydrogen-bond donors (Lipinski definition) is 0. The molecule has 0 fully saturated rings. The van der Waals surface area contributed by atoms with Gasteiger partial charge < -0.3 is 9.47 Å². The van der Waals surface area contributed by atoms with Crippen LogP contribution in [0, 0.1) is 0 Å². The standard InChI is InChI=1S/C18H17NO4/c1-22-16-11-13-5-3-4-6-15(13)17(20)19(16)14-9-7-12(8-10-14)18(21)23-2/h3-10,16H,11H2,1-2H3. The van der Waals surface area contributed by atoms with Gasteiger partial charge in [0.1, 0.15) is 6.23 Å². The first kappa shape index (κ1) is 15.2. The number of carbonyl (C=O) groups is 2. The van der Waals surface area contributed by atoms with Crippen LogP contribution in [0.3, 0.4) is 0 Å². The molecule has 1 aliphatic rings. The Morgan fingerprint density at radius 3 is 2.43 bits per heavy atom. The van der Waals surface area contributed by atoms with E-state index < -0.39 is 5.97 Å². The molecule has 0 spiro atoms. The summed E-state index contributed by atoms with van der Waals surface area (Å²) in [4.78, 5) is 26.0. The van der Waals surface area contributed by atoms with E-state index in [2.05, 4.69) is 4.74 Å². The number of amides is 1. The largest absolute Gasteiger partial charge is 0.465 e. The van der Waals surface area contributed by atoms with Gasteiger partial charge in [-0.25, -0.2) is 4.79 Å². The predicted octanol–water partition coefficient (Wildman–Crippen LogP) is 2.65. The molecular weight excluding hydrogens is 294 g/mol. The molecule has 2 aromatic carbocycles. The summed E-state index contributed by atoms with van der Waals surface area (Å²) in [5, 5.41) is 0. The van der Waals surface area contributed by atoms with E-state index in [1.807, 2.05) is 24.3 Å². The predicted molar refractivity (Wildman–Crippen MR) is 85.5 cm³/mol. The highest BCUT2D eigenvalue weighted by Crippen LogP contribution is 2.29. The maximum Gasteiger partial charge on any atom is 0.337 e. The quantitative estimate of drug-likeness (QED) is 0.818. The molecule has 0 aromatic heterocycles. The second kappa shape index (κ2) is 6.22. The summed E-state index contributed by atoms with van der Waals surface area (Å²) in [6.07, 6.45) is 0.248. The van der Waals surface area contributed by atoms with Gasteiger partial charge in [-0.3, -0.25) is 9.69 Å². The summed E-state index contributed by atoms with van der Waals surface area (Å²) >= 11 is 0. The molecule has 5 heteroatoms. The van der Waals surface area contributed by atoms with E-state index in [-0.39, 0.29) is 12.1 Å². The highest BCUT2D eigenvalue weighted by Gasteiger charge is 2.33. The van der Waals surface area contributed by atoms with Gasteiger partial charge in [-0.1, -0.05) is 18.2 Å². The fourth-order valence-corrected chi connectivity index (χ4v) is 2.80. The summed E-state index contributed by atoms with van der Waals surface area (Å²) in [5.41, 5.74) is 2.78. The van der Waals surface area contributed by atoms with Crippen molar-refractivity contribution in [3.05, 3.63) is 65.2 Å². The monoisotopic (exact) mass is 311 g/mol. The molecule has 5 nitrogen and oxygen atoms in total. The van der Waals surface area contributed by atoms with Gasteiger partial charge in [-0.05, 0) is 35.9 Å². The highest BCUT2D eigenvalue weighted by atomic mass is 16.5. The van der Waals surface area contributed by atoms with Crippen LogP contribution in [0.2, 0.25) is 0 Å². The Hall–Kier alpha value is -2.66. The fourth-order valence-electron chi connectivity index (χ4n) is 2.80. The molecule has 0 saturated heterocycles. The summed E-state index contributed by atoms with van der Waals surface area (Å²) in [6, 6.07) is 14.3. The molecule has 1 aliphatic heterocycles. The Bertz CT molecular complexity index is 739. The Balaban J connectivity index is 1.97. The third-order valence-electron chi connectivity index (χ3n) is 3.99. The molecular formula is C18H17NO4. The minimum absolute atomic E-state index is 0.107. The van der Waals surface area contributed by atoms with E-state index in [9.17, 15) is 9.59 Å². The summed E-state index contributed by atoms with van der Waals surface area (Å²) in [7, 11) is 2.92. The number of benzene rings is 2. The van der Waals surface area contributed by atoms with Crippen LogP contribution in [-0.4, -0.2) is 32.3 Å². The molecule has 1 unspecified atom stereocenters. The molecule has 0 radical (unpaired) electrons. The normalized spacial score (nSPS) is 16.9. The second-order valence-corrected chi connectivity index (χ2v) is 5.27. The molecule has 3 rings (SSSR count). The maximum atomic E-state index is 12.8. The number of ether oxygens (including phenoxy) is 2. The van der Waals surface area contributed by atoms with E-state index >= 15 is 0 Å². The van der Waals surface area contributed by atoms with E-state index in [0.717, 1.165) is 5.56 Å². The first-order valence-electron chi connectivity index (χ1n) is 7.28. The van der Waals surface area contributed by atoms with Crippen LogP contribution in [0.5, 0.6) is 0 Å². The topological polar surface area (TPSA) is 55.8 Å². The van der Waals surface area contributed by atoms with Crippen molar-refractivity contribution in [3.63, 3.8) is 0 Å². The number of methoxy groups -OCH3 is 2. The summed E-state index contributed by atoms with van der Waals surface area (Å²) < 4.78 is 10.2. The zero-order valence-corrected chi connectivity index (χ0v) is 13.0. The number of fused-ring (bicyclic) bond motifs is 1. The van der Waals surface area contributed by atoms with E-state index in [1.165, 1.54) is 7.11 Å². The molecule has 0 bridgehead atoms. The van der Waals surface area contributed by atoms with Gasteiger partial charge >= 0.3 is 5.97 Å². The van der Waals surface area contributed by atoms with Crippen molar-refractivity contribution in [2.24, 2.45) is 0 Å². The van der Waals surface area contributed by atoms with Gasteiger partial charge in [0.25, 0.3) is 5.91 Å². The summed E-state index contributed by atoms with van der Waals surface area (Å²) in [5.74, 6) is -0.514. The average Bonchev–Trinajstić information content (AvgIpc) is 2.61. The van der Waals surface area contributed by atoms with Crippen molar-refractivity contribution < 1.29 is 19.1 Å². The Morgan fingerprint density at radius 1 is 1.09 bits per heavy atom. The number of anilines is 1. The lowest BCUT2D eigenvalue weighted by Gasteiger charge is -2.35. The Labute approximate surface area is 134 Å². The first-order chi connectivity index (χ1) is 11.2. The van der Waals surface area contributed by atoms with E-state index in [1.54, 1.807) is 36.3 Å². The second-order valence-electron chi connectivity index (χ2n) is 5.27. The lowest BCUT2D eigenvalue weighted by atomic mass is 9.97. The number of rotatable bonds is 3. The van der Waals surface area contributed by atoms with Crippen LogP contribution >= 0.6 is 0 Å². The molecule has 2 aromatic rings. The van der Waals surface area contributed by atoms with Crippen molar-refractivity contribution in [1.29, 1.82) is 0 Å². The lowest BCUT2D eigenvalue weighted by molar-refractivity contribution is 0.0600. The molecule has 1 amide bonds. The minimum atomic E-state index is -0.407. The lowest BCUT2D eigenvalue weighted by Crippen LogP contribution is -2.47. The van der Waals surface area contributed by atoms with Gasteiger partial charge in [0, 0.05) is 24.8 Å². The zero-order valence-electron chi connectivity index (χ0n) is 13.0. The number of nitrogens with zero attached hydrogens (tertiary/aromatic N) is 1.